The monoisotopic (exact) mass is 799 g/mol. The number of hydrogen-bond donors (Lipinski definition) is 0. The Balaban J connectivity index is 0.000000209. The van der Waals surface area contributed by atoms with Gasteiger partial charge in [-0.3, -0.25) is 0 Å². The van der Waals surface area contributed by atoms with Crippen LogP contribution >= 0.6 is 0 Å². The van der Waals surface area contributed by atoms with Gasteiger partial charge in [0.25, 0.3) is 0 Å². The summed E-state index contributed by atoms with van der Waals surface area (Å²) in [6, 6.07) is 39.4. The number of hydrogen-bond acceptors (Lipinski definition) is 3. The fourth-order valence-corrected chi connectivity index (χ4v) is 6.32. The molecule has 46 heavy (non-hydrogen) atoms. The molecule has 7 aromatic rings. The zero-order valence-corrected chi connectivity index (χ0v) is 30.0. The number of furan rings is 1. The molecule has 0 saturated carbocycles. The van der Waals surface area contributed by atoms with Gasteiger partial charge in [-0.1, -0.05) is 98.5 Å². The van der Waals surface area contributed by atoms with E-state index < -0.39 is 8.07 Å². The van der Waals surface area contributed by atoms with Crippen LogP contribution < -0.4 is 5.19 Å². The number of benzene rings is 4. The molecule has 0 aliphatic heterocycles. The third-order valence-corrected chi connectivity index (χ3v) is 9.97. The van der Waals surface area contributed by atoms with E-state index in [9.17, 15) is 4.39 Å². The molecule has 6 heteroatoms. The summed E-state index contributed by atoms with van der Waals surface area (Å²) in [5, 5.41) is 3.40. The number of nitrogens with zero attached hydrogens (tertiary/aromatic N) is 2. The maximum atomic E-state index is 14.2. The predicted molar refractivity (Wildman–Crippen MR) is 187 cm³/mol. The molecule has 0 aliphatic rings. The van der Waals surface area contributed by atoms with E-state index in [1.54, 1.807) is 12.1 Å². The third-order valence-electron chi connectivity index (χ3n) is 7.94. The molecule has 0 atom stereocenters. The molecule has 0 bridgehead atoms. The van der Waals surface area contributed by atoms with E-state index in [1.807, 2.05) is 79.1 Å². The van der Waals surface area contributed by atoms with E-state index >= 15 is 0 Å². The van der Waals surface area contributed by atoms with E-state index in [0.717, 1.165) is 50.0 Å². The Labute approximate surface area is 284 Å². The van der Waals surface area contributed by atoms with Gasteiger partial charge in [0, 0.05) is 43.4 Å². The van der Waals surface area contributed by atoms with Gasteiger partial charge in [-0.15, -0.1) is 54.1 Å². The fourth-order valence-electron chi connectivity index (χ4n) is 5.29. The van der Waals surface area contributed by atoms with Crippen molar-refractivity contribution < 1.29 is 28.9 Å². The summed E-state index contributed by atoms with van der Waals surface area (Å²) in [5.74, 6) is 0.168. The first-order valence-electron chi connectivity index (χ1n) is 15.2. The number of rotatable bonds is 5. The van der Waals surface area contributed by atoms with Gasteiger partial charge in [0.1, 0.15) is 11.4 Å². The Bertz CT molecular complexity index is 2080. The van der Waals surface area contributed by atoms with Crippen molar-refractivity contribution in [2.45, 2.75) is 39.4 Å². The van der Waals surface area contributed by atoms with Crippen molar-refractivity contribution in [1.82, 2.24) is 9.97 Å². The molecule has 0 amide bonds. The van der Waals surface area contributed by atoms with Crippen LogP contribution in [0.3, 0.4) is 0 Å². The Kier molecular flexibility index (Phi) is 10.1. The Hall–Kier alpha value is -4.22. The summed E-state index contributed by atoms with van der Waals surface area (Å²) >= 11 is 0. The van der Waals surface area contributed by atoms with Gasteiger partial charge in [-0.2, -0.15) is 0 Å². The molecular weight excluding hydrogens is 764 g/mol. The fraction of sp³-hybridized carbons (Fsp3) is 0.150. The standard InChI is InChI=1S/C26H19FNO.C14H16NSi.Ir/c1-16(2)17-12-13-28-24(14-17)22-8-5-7-21-20-11-10-18(15-25(20)29-26(21)22)19-6-3-4-9-23(19)27;1-16(2,3)13-9-10-14(15-11-13)12-7-5-4-6-8-12;/h3-7,9-16H,1-2H3;4-7,9-11H,1-3H3;/q2*-1;. The molecule has 0 unspecified atom stereocenters. The van der Waals surface area contributed by atoms with Crippen molar-refractivity contribution in [1.29, 1.82) is 0 Å². The molecular formula is C40H35FIrN2OSi-2. The van der Waals surface area contributed by atoms with Crippen molar-refractivity contribution in [3.8, 4) is 33.6 Å². The second-order valence-corrected chi connectivity index (χ2v) is 17.6. The number of fused-ring (bicyclic) bond motifs is 3. The second kappa shape index (κ2) is 14.0. The SMILES string of the molecule is CC(C)c1ccnc(-c2[c-]ccc3c2oc2cc(-c4ccccc4F)ccc23)c1.C[Si](C)(C)c1ccc(-c2[c-]cccc2)nc1.[Ir]. The van der Waals surface area contributed by atoms with Crippen LogP contribution in [0, 0.1) is 17.9 Å². The molecule has 0 spiro atoms. The van der Waals surface area contributed by atoms with Crippen molar-refractivity contribution in [2.24, 2.45) is 0 Å². The number of halogens is 1. The van der Waals surface area contributed by atoms with E-state index in [2.05, 4.69) is 73.8 Å². The van der Waals surface area contributed by atoms with Crippen LogP contribution in [0.1, 0.15) is 25.3 Å². The third kappa shape index (κ3) is 7.10. The first-order chi connectivity index (χ1) is 21.7. The van der Waals surface area contributed by atoms with Gasteiger partial charge < -0.3 is 14.4 Å². The number of aromatic nitrogens is 2. The van der Waals surface area contributed by atoms with E-state index in [0.29, 0.717) is 11.5 Å². The summed E-state index contributed by atoms with van der Waals surface area (Å²) in [4.78, 5) is 9.07. The zero-order chi connectivity index (χ0) is 31.6. The topological polar surface area (TPSA) is 38.9 Å². The van der Waals surface area contributed by atoms with E-state index in [4.69, 9.17) is 4.42 Å². The number of pyridine rings is 2. The van der Waals surface area contributed by atoms with Gasteiger partial charge in [-0.25, -0.2) is 4.39 Å². The Morgan fingerprint density at radius 1 is 0.761 bits per heavy atom. The average Bonchev–Trinajstić information content (AvgIpc) is 3.43. The maximum absolute atomic E-state index is 14.2. The largest absolute Gasteiger partial charge is 0.501 e. The second-order valence-electron chi connectivity index (χ2n) is 12.5. The predicted octanol–water partition coefficient (Wildman–Crippen LogP) is 10.5. The molecule has 1 radical (unpaired) electrons. The smallest absolute Gasteiger partial charge is 0.131 e. The van der Waals surface area contributed by atoms with Crippen LogP contribution in [0.15, 0.2) is 120 Å². The summed E-state index contributed by atoms with van der Waals surface area (Å²) < 4.78 is 20.5. The minimum Gasteiger partial charge on any atom is -0.501 e. The molecule has 3 nitrogen and oxygen atoms in total. The molecule has 233 valence electrons. The summed E-state index contributed by atoms with van der Waals surface area (Å²) in [6.07, 6.45) is 3.85. The van der Waals surface area contributed by atoms with Crippen LogP contribution in [0.4, 0.5) is 4.39 Å². The van der Waals surface area contributed by atoms with Gasteiger partial charge in [0.15, 0.2) is 0 Å². The summed E-state index contributed by atoms with van der Waals surface area (Å²) in [6.45, 7) is 11.3. The minimum absolute atomic E-state index is 0. The summed E-state index contributed by atoms with van der Waals surface area (Å²) in [5.41, 5.74) is 7.80. The van der Waals surface area contributed by atoms with E-state index in [1.165, 1.54) is 16.8 Å². The van der Waals surface area contributed by atoms with Crippen molar-refractivity contribution in [3.63, 3.8) is 0 Å². The van der Waals surface area contributed by atoms with Crippen LogP contribution in [0.5, 0.6) is 0 Å². The Morgan fingerprint density at radius 2 is 1.57 bits per heavy atom. The molecule has 0 N–H and O–H groups in total. The van der Waals surface area contributed by atoms with Crippen molar-refractivity contribution >= 4 is 35.2 Å². The van der Waals surface area contributed by atoms with Gasteiger partial charge >= 0.3 is 0 Å². The molecule has 3 aromatic heterocycles. The first-order valence-corrected chi connectivity index (χ1v) is 18.7. The Morgan fingerprint density at radius 3 is 2.26 bits per heavy atom. The van der Waals surface area contributed by atoms with Gasteiger partial charge in [-0.05, 0) is 46.3 Å². The van der Waals surface area contributed by atoms with Crippen LogP contribution in [0.25, 0.3) is 55.6 Å². The van der Waals surface area contributed by atoms with Crippen LogP contribution in [0.2, 0.25) is 19.6 Å². The summed E-state index contributed by atoms with van der Waals surface area (Å²) in [7, 11) is -1.23. The molecule has 0 aliphatic carbocycles. The van der Waals surface area contributed by atoms with Crippen molar-refractivity contribution in [3.05, 3.63) is 139 Å². The minimum atomic E-state index is -1.23. The normalized spacial score (nSPS) is 11.3. The molecule has 3 heterocycles. The van der Waals surface area contributed by atoms with Crippen LogP contribution in [-0.2, 0) is 20.1 Å². The zero-order valence-electron chi connectivity index (χ0n) is 26.6. The average molecular weight is 799 g/mol. The van der Waals surface area contributed by atoms with Crippen LogP contribution in [-0.4, -0.2) is 18.0 Å². The van der Waals surface area contributed by atoms with Gasteiger partial charge in [0.2, 0.25) is 0 Å². The van der Waals surface area contributed by atoms with E-state index in [-0.39, 0.29) is 25.9 Å². The van der Waals surface area contributed by atoms with Crippen molar-refractivity contribution in [2.75, 3.05) is 0 Å². The van der Waals surface area contributed by atoms with Gasteiger partial charge in [0.05, 0.1) is 13.7 Å². The first kappa shape index (κ1) is 33.1. The molecule has 0 saturated heterocycles. The molecule has 0 fully saturated rings. The molecule has 4 aromatic carbocycles. The molecule has 7 rings (SSSR count). The quantitative estimate of drug-likeness (QED) is 0.129. The maximum Gasteiger partial charge on any atom is 0.131 e.